The number of anilines is 2. The topological polar surface area (TPSA) is 104 Å². The Balaban J connectivity index is 1.74. The maximum Gasteiger partial charge on any atom is 0.232 e. The van der Waals surface area contributed by atoms with Crippen molar-refractivity contribution in [3.8, 4) is 29.5 Å². The van der Waals surface area contributed by atoms with Crippen molar-refractivity contribution in [2.75, 3.05) is 12.4 Å². The second kappa shape index (κ2) is 8.17. The fourth-order valence-corrected chi connectivity index (χ4v) is 2.86. The first-order valence-electron chi connectivity index (χ1n) is 9.00. The first-order chi connectivity index (χ1) is 14.7. The van der Waals surface area contributed by atoms with E-state index in [1.54, 1.807) is 42.5 Å². The van der Waals surface area contributed by atoms with Crippen molar-refractivity contribution in [2.45, 2.75) is 0 Å². The first-order valence-corrected chi connectivity index (χ1v) is 9.00. The molecule has 0 fully saturated rings. The molecule has 0 saturated heterocycles. The maximum atomic E-state index is 9.10. The van der Waals surface area contributed by atoms with Gasteiger partial charge in [-0.2, -0.15) is 15.5 Å². The molecule has 0 bridgehead atoms. The average Bonchev–Trinajstić information content (AvgIpc) is 2.80. The summed E-state index contributed by atoms with van der Waals surface area (Å²) in [5, 5.41) is 21.9. The summed E-state index contributed by atoms with van der Waals surface area (Å²) in [6.45, 7) is 0. The summed E-state index contributed by atoms with van der Waals surface area (Å²) in [5.74, 6) is 1.56. The second-order valence-electron chi connectivity index (χ2n) is 6.26. The van der Waals surface area contributed by atoms with Gasteiger partial charge < -0.3 is 14.8 Å². The highest BCUT2D eigenvalue weighted by Gasteiger charge is 2.13. The van der Waals surface area contributed by atoms with Gasteiger partial charge in [0.2, 0.25) is 11.8 Å². The quantitative estimate of drug-likeness (QED) is 0.513. The molecule has 4 aromatic rings. The lowest BCUT2D eigenvalue weighted by Crippen LogP contribution is -2.01. The molecule has 0 aliphatic heterocycles. The molecule has 144 valence electrons. The summed E-state index contributed by atoms with van der Waals surface area (Å²) in [6.07, 6.45) is 0. The Kier molecular flexibility index (Phi) is 5.10. The third-order valence-electron chi connectivity index (χ3n) is 4.34. The summed E-state index contributed by atoms with van der Waals surface area (Å²) in [7, 11) is 1.51. The van der Waals surface area contributed by atoms with Crippen molar-refractivity contribution in [1.29, 1.82) is 10.5 Å². The van der Waals surface area contributed by atoms with Gasteiger partial charge in [0.15, 0.2) is 11.5 Å². The van der Waals surface area contributed by atoms with E-state index in [1.165, 1.54) is 7.11 Å². The van der Waals surface area contributed by atoms with Crippen LogP contribution in [0.5, 0.6) is 17.4 Å². The number of para-hydroxylation sites is 1. The number of nitrogens with zero attached hydrogens (tertiary/aromatic N) is 4. The van der Waals surface area contributed by atoms with Crippen molar-refractivity contribution in [3.63, 3.8) is 0 Å². The highest BCUT2D eigenvalue weighted by atomic mass is 16.5. The Morgan fingerprint density at radius 2 is 1.57 bits per heavy atom. The Bertz CT molecular complexity index is 1300. The van der Waals surface area contributed by atoms with Gasteiger partial charge in [0.25, 0.3) is 0 Å². The van der Waals surface area contributed by atoms with Crippen molar-refractivity contribution in [3.05, 3.63) is 77.9 Å². The zero-order chi connectivity index (χ0) is 20.9. The van der Waals surface area contributed by atoms with Gasteiger partial charge >= 0.3 is 0 Å². The Morgan fingerprint density at radius 1 is 0.833 bits per heavy atom. The van der Waals surface area contributed by atoms with Crippen LogP contribution in [0, 0.1) is 22.7 Å². The van der Waals surface area contributed by atoms with Gasteiger partial charge in [0, 0.05) is 11.8 Å². The minimum Gasteiger partial charge on any atom is -0.493 e. The normalized spacial score (nSPS) is 10.1. The predicted molar refractivity (Wildman–Crippen MR) is 112 cm³/mol. The molecule has 1 N–H and O–H groups in total. The predicted octanol–water partition coefficient (Wildman–Crippen LogP) is 4.92. The molecule has 1 aromatic heterocycles. The molecule has 0 amide bonds. The molecule has 4 rings (SSSR count). The Hall–Kier alpha value is -4.62. The SMILES string of the molecule is COc1cc(C#N)ccc1Oc1nc(Nc2ccc(C#N)cc2)nc2ccccc12. The molecule has 3 aromatic carbocycles. The summed E-state index contributed by atoms with van der Waals surface area (Å²) >= 11 is 0. The molecule has 1 heterocycles. The number of methoxy groups -OCH3 is 1. The van der Waals surface area contributed by atoms with E-state index in [4.69, 9.17) is 20.0 Å². The van der Waals surface area contributed by atoms with Crippen molar-refractivity contribution >= 4 is 22.5 Å². The van der Waals surface area contributed by atoms with Crippen LogP contribution in [0.4, 0.5) is 11.6 Å². The van der Waals surface area contributed by atoms with E-state index < -0.39 is 0 Å². The molecule has 0 aliphatic rings. The standard InChI is InChI=1S/C23H15N5O2/c1-29-21-12-16(14-25)8-11-20(21)30-22-18-4-2-3-5-19(18)27-23(28-22)26-17-9-6-15(13-24)7-10-17/h2-12H,1H3,(H,26,27,28). The number of nitriles is 2. The van der Waals surface area contributed by atoms with Gasteiger partial charge in [0.1, 0.15) is 0 Å². The minimum atomic E-state index is 0.347. The number of ether oxygens (including phenoxy) is 2. The van der Waals surface area contributed by atoms with Gasteiger partial charge in [-0.15, -0.1) is 0 Å². The lowest BCUT2D eigenvalue weighted by Gasteiger charge is -2.13. The van der Waals surface area contributed by atoms with Gasteiger partial charge in [-0.1, -0.05) is 12.1 Å². The van der Waals surface area contributed by atoms with E-state index in [2.05, 4.69) is 27.4 Å². The molecule has 0 atom stereocenters. The number of rotatable bonds is 5. The van der Waals surface area contributed by atoms with Crippen LogP contribution in [0.3, 0.4) is 0 Å². The first kappa shape index (κ1) is 18.7. The summed E-state index contributed by atoms with van der Waals surface area (Å²) < 4.78 is 11.4. The third-order valence-corrected chi connectivity index (χ3v) is 4.34. The van der Waals surface area contributed by atoms with Gasteiger partial charge in [-0.05, 0) is 48.5 Å². The number of hydrogen-bond acceptors (Lipinski definition) is 7. The smallest absolute Gasteiger partial charge is 0.232 e. The van der Waals surface area contributed by atoms with Crippen LogP contribution in [0.2, 0.25) is 0 Å². The van der Waals surface area contributed by atoms with Crippen LogP contribution in [0.1, 0.15) is 11.1 Å². The fraction of sp³-hybridized carbons (Fsp3) is 0.0435. The van der Waals surface area contributed by atoms with Gasteiger partial charge in [0.05, 0.1) is 41.3 Å². The third kappa shape index (κ3) is 3.82. The lowest BCUT2D eigenvalue weighted by atomic mass is 10.2. The monoisotopic (exact) mass is 393 g/mol. The van der Waals surface area contributed by atoms with Gasteiger partial charge in [-0.25, -0.2) is 4.98 Å². The fourth-order valence-electron chi connectivity index (χ4n) is 2.86. The average molecular weight is 393 g/mol. The van der Waals surface area contributed by atoms with Gasteiger partial charge in [-0.3, -0.25) is 0 Å². The number of fused-ring (bicyclic) bond motifs is 1. The molecule has 0 unspecified atom stereocenters. The molecular weight excluding hydrogens is 378 g/mol. The summed E-state index contributed by atoms with van der Waals surface area (Å²) in [6, 6.07) is 23.6. The summed E-state index contributed by atoms with van der Waals surface area (Å²) in [4.78, 5) is 9.07. The molecular formula is C23H15N5O2. The van der Waals surface area contributed by atoms with Crippen LogP contribution in [-0.2, 0) is 0 Å². The number of nitrogens with one attached hydrogen (secondary N) is 1. The zero-order valence-electron chi connectivity index (χ0n) is 16.0. The lowest BCUT2D eigenvalue weighted by molar-refractivity contribution is 0.375. The van der Waals surface area contributed by atoms with Crippen molar-refractivity contribution in [2.24, 2.45) is 0 Å². The number of benzene rings is 3. The second-order valence-corrected chi connectivity index (χ2v) is 6.26. The van der Waals surface area contributed by atoms with Crippen LogP contribution in [0.25, 0.3) is 10.9 Å². The molecule has 0 radical (unpaired) electrons. The van der Waals surface area contributed by atoms with E-state index >= 15 is 0 Å². The van der Waals surface area contributed by atoms with E-state index in [-0.39, 0.29) is 0 Å². The minimum absolute atomic E-state index is 0.347. The van der Waals surface area contributed by atoms with Crippen LogP contribution in [-0.4, -0.2) is 17.1 Å². The molecule has 30 heavy (non-hydrogen) atoms. The number of aromatic nitrogens is 2. The molecule has 7 nitrogen and oxygen atoms in total. The maximum absolute atomic E-state index is 9.10. The molecule has 0 spiro atoms. The van der Waals surface area contributed by atoms with Crippen LogP contribution in [0.15, 0.2) is 66.7 Å². The van der Waals surface area contributed by atoms with E-state index in [9.17, 15) is 0 Å². The molecule has 0 saturated carbocycles. The van der Waals surface area contributed by atoms with Crippen molar-refractivity contribution < 1.29 is 9.47 Å². The highest BCUT2D eigenvalue weighted by Crippen LogP contribution is 2.35. The molecule has 7 heteroatoms. The van der Waals surface area contributed by atoms with Crippen LogP contribution < -0.4 is 14.8 Å². The number of hydrogen-bond donors (Lipinski definition) is 1. The highest BCUT2D eigenvalue weighted by molar-refractivity contribution is 5.85. The Labute approximate surface area is 172 Å². The van der Waals surface area contributed by atoms with Crippen LogP contribution >= 0.6 is 0 Å². The Morgan fingerprint density at radius 3 is 2.30 bits per heavy atom. The van der Waals surface area contributed by atoms with E-state index in [1.807, 2.05) is 24.3 Å². The summed E-state index contributed by atoms with van der Waals surface area (Å²) in [5.41, 5.74) is 2.48. The largest absolute Gasteiger partial charge is 0.493 e. The van der Waals surface area contributed by atoms with E-state index in [0.29, 0.717) is 40.0 Å². The van der Waals surface area contributed by atoms with E-state index in [0.717, 1.165) is 11.1 Å². The molecule has 0 aliphatic carbocycles. The zero-order valence-corrected chi connectivity index (χ0v) is 16.0. The van der Waals surface area contributed by atoms with Crippen molar-refractivity contribution in [1.82, 2.24) is 9.97 Å².